The maximum absolute atomic E-state index is 12.6. The van der Waals surface area contributed by atoms with Crippen molar-refractivity contribution in [3.05, 3.63) is 87.9 Å². The van der Waals surface area contributed by atoms with Crippen molar-refractivity contribution in [2.24, 2.45) is 0 Å². The molecule has 2 N–H and O–H groups in total. The zero-order chi connectivity index (χ0) is 21.6. The van der Waals surface area contributed by atoms with Crippen LogP contribution >= 0.6 is 11.3 Å². The summed E-state index contributed by atoms with van der Waals surface area (Å²) in [5.74, 6) is 0.596. The Hall–Kier alpha value is -3.45. The lowest BCUT2D eigenvalue weighted by Crippen LogP contribution is -2.29. The normalized spacial score (nSPS) is 10.9. The van der Waals surface area contributed by atoms with Gasteiger partial charge in [-0.1, -0.05) is 35.9 Å². The van der Waals surface area contributed by atoms with Crippen molar-refractivity contribution in [2.45, 2.75) is 26.4 Å². The van der Waals surface area contributed by atoms with Gasteiger partial charge in [0.25, 0.3) is 5.91 Å². The van der Waals surface area contributed by atoms with Crippen molar-refractivity contribution in [3.8, 4) is 0 Å². The Balaban J connectivity index is 1.43. The van der Waals surface area contributed by atoms with Crippen LogP contribution in [0, 0.1) is 6.92 Å². The molecule has 0 saturated carbocycles. The average molecular weight is 433 g/mol. The number of hydrogen-bond acceptors (Lipinski definition) is 4. The van der Waals surface area contributed by atoms with Gasteiger partial charge in [-0.05, 0) is 42.6 Å². The topological polar surface area (TPSA) is 76.0 Å². The Bertz CT molecular complexity index is 1200. The maximum atomic E-state index is 12.6. The summed E-state index contributed by atoms with van der Waals surface area (Å²) in [5.41, 5.74) is 3.44. The molecule has 6 nitrogen and oxygen atoms in total. The van der Waals surface area contributed by atoms with Gasteiger partial charge in [-0.25, -0.2) is 4.98 Å². The second-order valence-corrected chi connectivity index (χ2v) is 8.37. The molecule has 2 heterocycles. The molecule has 0 bridgehead atoms. The van der Waals surface area contributed by atoms with Crippen LogP contribution < -0.4 is 10.6 Å². The molecule has 0 aliphatic carbocycles. The molecule has 0 aliphatic heterocycles. The lowest BCUT2D eigenvalue weighted by atomic mass is 10.1. The number of amides is 2. The highest BCUT2D eigenvalue weighted by Gasteiger charge is 2.14. The number of aromatic nitrogens is 2. The molecular formula is C24H24N4O2S. The molecule has 0 fully saturated rings. The largest absolute Gasteiger partial charge is 0.352 e. The van der Waals surface area contributed by atoms with Crippen molar-refractivity contribution >= 4 is 34.2 Å². The number of fused-ring (bicyclic) bond motifs is 1. The van der Waals surface area contributed by atoms with Crippen LogP contribution in [-0.2, 0) is 24.3 Å². The van der Waals surface area contributed by atoms with Crippen LogP contribution in [0.3, 0.4) is 0 Å². The third kappa shape index (κ3) is 5.19. The number of para-hydroxylation sites is 2. The second-order valence-electron chi connectivity index (χ2n) is 7.33. The number of thiophene rings is 1. The molecule has 158 valence electrons. The number of benzene rings is 2. The lowest BCUT2D eigenvalue weighted by molar-refractivity contribution is -0.121. The van der Waals surface area contributed by atoms with Crippen LogP contribution in [0.25, 0.3) is 11.0 Å². The summed E-state index contributed by atoms with van der Waals surface area (Å²) in [6.07, 6.45) is 0.532. The van der Waals surface area contributed by atoms with E-state index in [1.165, 1.54) is 0 Å². The zero-order valence-corrected chi connectivity index (χ0v) is 18.1. The molecule has 0 unspecified atom stereocenters. The first-order chi connectivity index (χ1) is 15.1. The van der Waals surface area contributed by atoms with E-state index in [9.17, 15) is 9.59 Å². The predicted octanol–water partition coefficient (Wildman–Crippen LogP) is 3.70. The van der Waals surface area contributed by atoms with E-state index >= 15 is 0 Å². The Morgan fingerprint density at radius 3 is 2.71 bits per heavy atom. The van der Waals surface area contributed by atoms with Crippen LogP contribution in [0.1, 0.15) is 26.6 Å². The van der Waals surface area contributed by atoms with E-state index in [-0.39, 0.29) is 18.4 Å². The van der Waals surface area contributed by atoms with E-state index in [1.54, 1.807) is 17.4 Å². The monoisotopic (exact) mass is 432 g/mol. The zero-order valence-electron chi connectivity index (χ0n) is 17.3. The first-order valence-electron chi connectivity index (χ1n) is 10.2. The lowest BCUT2D eigenvalue weighted by Gasteiger charge is -2.10. The molecule has 0 atom stereocenters. The molecule has 31 heavy (non-hydrogen) atoms. The quantitative estimate of drug-likeness (QED) is 0.446. The van der Waals surface area contributed by atoms with Crippen molar-refractivity contribution in [1.82, 2.24) is 20.2 Å². The molecule has 4 rings (SSSR count). The van der Waals surface area contributed by atoms with Crippen LogP contribution in [0.15, 0.2) is 66.0 Å². The van der Waals surface area contributed by atoms with Crippen molar-refractivity contribution in [1.29, 1.82) is 0 Å². The van der Waals surface area contributed by atoms with Gasteiger partial charge in [0.15, 0.2) is 0 Å². The summed E-state index contributed by atoms with van der Waals surface area (Å²) in [6.45, 7) is 3.10. The fraction of sp³-hybridized carbons (Fsp3) is 0.208. The van der Waals surface area contributed by atoms with E-state index < -0.39 is 0 Å². The Labute approximate surface area is 184 Å². The molecule has 0 saturated heterocycles. The minimum absolute atomic E-state index is 0.0680. The minimum Gasteiger partial charge on any atom is -0.352 e. The molecule has 4 aromatic rings. The van der Waals surface area contributed by atoms with E-state index in [0.717, 1.165) is 27.3 Å². The average Bonchev–Trinajstić information content (AvgIpc) is 3.41. The summed E-state index contributed by atoms with van der Waals surface area (Å²) in [7, 11) is 0. The highest BCUT2D eigenvalue weighted by molar-refractivity contribution is 7.09. The molecule has 0 spiro atoms. The summed E-state index contributed by atoms with van der Waals surface area (Å²) < 4.78 is 1.93. The number of hydrogen-bond donors (Lipinski definition) is 2. The SMILES string of the molecule is Cc1cccc(C(=O)NCCc2nc3ccccc3n2CC(=O)NCc2cccs2)c1. The van der Waals surface area contributed by atoms with Crippen LogP contribution in [0.2, 0.25) is 0 Å². The Morgan fingerprint density at radius 2 is 1.90 bits per heavy atom. The van der Waals surface area contributed by atoms with Gasteiger partial charge in [0.2, 0.25) is 5.91 Å². The van der Waals surface area contributed by atoms with E-state index in [1.807, 2.05) is 71.5 Å². The highest BCUT2D eigenvalue weighted by Crippen LogP contribution is 2.16. The van der Waals surface area contributed by atoms with E-state index in [4.69, 9.17) is 4.98 Å². The molecule has 0 aliphatic rings. The van der Waals surface area contributed by atoms with E-state index in [2.05, 4.69) is 10.6 Å². The van der Waals surface area contributed by atoms with Crippen molar-refractivity contribution in [2.75, 3.05) is 6.54 Å². The number of nitrogens with one attached hydrogen (secondary N) is 2. The predicted molar refractivity (Wildman–Crippen MR) is 123 cm³/mol. The first-order valence-corrected chi connectivity index (χ1v) is 11.1. The number of carbonyl (C=O) groups is 2. The summed E-state index contributed by atoms with van der Waals surface area (Å²) in [5, 5.41) is 7.92. The van der Waals surface area contributed by atoms with Gasteiger partial charge >= 0.3 is 0 Å². The first kappa shape index (κ1) is 20.8. The third-order valence-corrected chi connectivity index (χ3v) is 5.87. The molecule has 7 heteroatoms. The molecular weight excluding hydrogens is 408 g/mol. The van der Waals surface area contributed by atoms with E-state index in [0.29, 0.717) is 25.1 Å². The standard InChI is InChI=1S/C24H24N4O2S/c1-17-6-4-7-18(14-17)24(30)25-12-11-22-27-20-9-2-3-10-21(20)28(22)16-23(29)26-15-19-8-5-13-31-19/h2-10,13-14H,11-12,15-16H2,1H3,(H,25,30)(H,26,29). The molecule has 0 radical (unpaired) electrons. The van der Waals surface area contributed by atoms with Gasteiger partial charge in [0, 0.05) is 23.4 Å². The van der Waals surface area contributed by atoms with Gasteiger partial charge in [0.05, 0.1) is 17.6 Å². The number of rotatable bonds is 8. The fourth-order valence-corrected chi connectivity index (χ4v) is 4.11. The van der Waals surface area contributed by atoms with Crippen LogP contribution in [0.4, 0.5) is 0 Å². The number of nitrogens with zero attached hydrogens (tertiary/aromatic N) is 2. The Morgan fingerprint density at radius 1 is 1.03 bits per heavy atom. The van der Waals surface area contributed by atoms with Crippen LogP contribution in [-0.4, -0.2) is 27.9 Å². The number of carbonyl (C=O) groups excluding carboxylic acids is 2. The smallest absolute Gasteiger partial charge is 0.251 e. The highest BCUT2D eigenvalue weighted by atomic mass is 32.1. The van der Waals surface area contributed by atoms with Crippen molar-refractivity contribution < 1.29 is 9.59 Å². The van der Waals surface area contributed by atoms with Gasteiger partial charge in [0.1, 0.15) is 12.4 Å². The molecule has 2 amide bonds. The molecule has 2 aromatic carbocycles. The number of aryl methyl sites for hydroxylation is 1. The van der Waals surface area contributed by atoms with Gasteiger partial charge in [-0.15, -0.1) is 11.3 Å². The maximum Gasteiger partial charge on any atom is 0.251 e. The Kier molecular flexibility index (Phi) is 6.43. The minimum atomic E-state index is -0.111. The fourth-order valence-electron chi connectivity index (χ4n) is 3.47. The van der Waals surface area contributed by atoms with Crippen molar-refractivity contribution in [3.63, 3.8) is 0 Å². The van der Waals surface area contributed by atoms with Gasteiger partial charge in [-0.2, -0.15) is 0 Å². The summed E-state index contributed by atoms with van der Waals surface area (Å²) in [4.78, 5) is 30.8. The van der Waals surface area contributed by atoms with Gasteiger partial charge in [-0.3, -0.25) is 9.59 Å². The second kappa shape index (κ2) is 9.57. The van der Waals surface area contributed by atoms with Gasteiger partial charge < -0.3 is 15.2 Å². The summed E-state index contributed by atoms with van der Waals surface area (Å²) in [6, 6.07) is 19.2. The van der Waals surface area contributed by atoms with Crippen LogP contribution in [0.5, 0.6) is 0 Å². The third-order valence-electron chi connectivity index (χ3n) is 4.99. The number of imidazole rings is 1. The summed E-state index contributed by atoms with van der Waals surface area (Å²) >= 11 is 1.62. The molecule has 2 aromatic heterocycles.